The molecule has 2 aliphatic rings. The summed E-state index contributed by atoms with van der Waals surface area (Å²) in [6.45, 7) is 0.445. The van der Waals surface area contributed by atoms with Gasteiger partial charge in [0.1, 0.15) is 18.1 Å². The molecule has 2 aromatic rings. The Morgan fingerprint density at radius 1 is 1.12 bits per heavy atom. The molecular formula is C23H22F3NO4S. The molecule has 1 heterocycles. The van der Waals surface area contributed by atoms with Gasteiger partial charge >= 0.3 is 6.18 Å². The van der Waals surface area contributed by atoms with E-state index in [9.17, 15) is 26.4 Å². The third-order valence-corrected chi connectivity index (χ3v) is 6.84. The molecular weight excluding hydrogens is 443 g/mol. The third kappa shape index (κ3) is 4.39. The molecule has 0 spiro atoms. The maximum Gasteiger partial charge on any atom is 0.416 e. The Labute approximate surface area is 184 Å². The maximum absolute atomic E-state index is 13.5. The molecule has 1 saturated carbocycles. The highest BCUT2D eigenvalue weighted by Gasteiger charge is 2.34. The summed E-state index contributed by atoms with van der Waals surface area (Å²) in [4.78, 5) is 13.3. The van der Waals surface area contributed by atoms with E-state index >= 15 is 0 Å². The van der Waals surface area contributed by atoms with Crippen molar-refractivity contribution >= 4 is 21.7 Å². The Balaban J connectivity index is 1.92. The number of benzene rings is 2. The van der Waals surface area contributed by atoms with Crippen LogP contribution in [0, 0.1) is 5.92 Å². The van der Waals surface area contributed by atoms with Gasteiger partial charge < -0.3 is 14.4 Å². The Hall–Kier alpha value is -2.81. The SMILES string of the molecule is CN1C=C(c2cc(S(C)(=O)=O)ccc2OCC2CC2)c2cc(C(F)(F)F)ccc2C1C=O. The van der Waals surface area contributed by atoms with Crippen molar-refractivity contribution in [2.75, 3.05) is 19.9 Å². The van der Waals surface area contributed by atoms with Crippen LogP contribution >= 0.6 is 0 Å². The Morgan fingerprint density at radius 2 is 1.84 bits per heavy atom. The molecule has 1 atom stereocenters. The summed E-state index contributed by atoms with van der Waals surface area (Å²) in [7, 11) is -1.93. The number of rotatable bonds is 6. The van der Waals surface area contributed by atoms with Crippen LogP contribution in [0.15, 0.2) is 47.5 Å². The van der Waals surface area contributed by atoms with Crippen molar-refractivity contribution in [1.82, 2.24) is 4.90 Å². The van der Waals surface area contributed by atoms with E-state index in [1.165, 1.54) is 24.3 Å². The van der Waals surface area contributed by atoms with E-state index in [-0.39, 0.29) is 10.5 Å². The summed E-state index contributed by atoms with van der Waals surface area (Å²) < 4.78 is 70.7. The predicted molar refractivity (Wildman–Crippen MR) is 113 cm³/mol. The Kier molecular flexibility index (Phi) is 5.56. The van der Waals surface area contributed by atoms with E-state index in [4.69, 9.17) is 4.74 Å². The minimum Gasteiger partial charge on any atom is -0.493 e. The summed E-state index contributed by atoms with van der Waals surface area (Å²) in [5.74, 6) is 0.806. The van der Waals surface area contributed by atoms with Crippen LogP contribution in [-0.4, -0.2) is 39.5 Å². The minimum atomic E-state index is -4.57. The number of hydrogen-bond donors (Lipinski definition) is 0. The van der Waals surface area contributed by atoms with E-state index in [2.05, 4.69) is 0 Å². The molecule has 1 aliphatic heterocycles. The van der Waals surface area contributed by atoms with Gasteiger partial charge in [-0.15, -0.1) is 0 Å². The molecule has 0 saturated heterocycles. The van der Waals surface area contributed by atoms with Crippen LogP contribution in [0.25, 0.3) is 5.57 Å². The van der Waals surface area contributed by atoms with Crippen LogP contribution in [0.1, 0.15) is 41.1 Å². The zero-order valence-corrected chi connectivity index (χ0v) is 18.3. The number of likely N-dealkylation sites (N-methyl/N-ethyl adjacent to an activating group) is 1. The van der Waals surface area contributed by atoms with Crippen LogP contribution in [0.4, 0.5) is 13.2 Å². The number of sulfone groups is 1. The van der Waals surface area contributed by atoms with Gasteiger partial charge in [-0.2, -0.15) is 13.2 Å². The number of hydrogen-bond acceptors (Lipinski definition) is 5. The van der Waals surface area contributed by atoms with Crippen molar-refractivity contribution in [1.29, 1.82) is 0 Å². The number of halogens is 3. The first-order valence-corrected chi connectivity index (χ1v) is 12.0. The van der Waals surface area contributed by atoms with Crippen molar-refractivity contribution in [2.45, 2.75) is 30.0 Å². The first-order valence-electron chi connectivity index (χ1n) is 10.1. The maximum atomic E-state index is 13.5. The highest BCUT2D eigenvalue weighted by molar-refractivity contribution is 7.90. The number of nitrogens with zero attached hydrogens (tertiary/aromatic N) is 1. The average Bonchev–Trinajstić information content (AvgIpc) is 3.54. The first-order chi connectivity index (χ1) is 15.0. The molecule has 4 rings (SSSR count). The normalized spacial score (nSPS) is 18.7. The molecule has 0 radical (unpaired) electrons. The number of fused-ring (bicyclic) bond motifs is 1. The van der Waals surface area contributed by atoms with Crippen molar-refractivity contribution < 1.29 is 31.1 Å². The fourth-order valence-corrected chi connectivity index (χ4v) is 4.40. The summed E-state index contributed by atoms with van der Waals surface area (Å²) in [6, 6.07) is 6.87. The second-order valence-corrected chi connectivity index (χ2v) is 10.3. The van der Waals surface area contributed by atoms with Gasteiger partial charge in [-0.05, 0) is 60.2 Å². The Bertz CT molecular complexity index is 1200. The number of ether oxygens (including phenoxy) is 1. The summed E-state index contributed by atoms with van der Waals surface area (Å²) >= 11 is 0. The van der Waals surface area contributed by atoms with Crippen LogP contribution in [0.2, 0.25) is 0 Å². The van der Waals surface area contributed by atoms with Gasteiger partial charge in [0, 0.05) is 30.6 Å². The lowest BCUT2D eigenvalue weighted by Crippen LogP contribution is -2.26. The highest BCUT2D eigenvalue weighted by atomic mass is 32.2. The lowest BCUT2D eigenvalue weighted by Gasteiger charge is -2.32. The smallest absolute Gasteiger partial charge is 0.416 e. The predicted octanol–water partition coefficient (Wildman–Crippen LogP) is 4.47. The van der Waals surface area contributed by atoms with Crippen molar-refractivity contribution in [2.24, 2.45) is 5.92 Å². The molecule has 2 aromatic carbocycles. The standard InChI is InChI=1S/C23H22F3NO4S/c1-27-11-20(18-9-15(23(24,25)26)5-7-17(18)21(27)12-28)19-10-16(32(2,29)30)6-8-22(19)31-13-14-3-4-14/h5-12,14,21H,3-4,13H2,1-2H3. The van der Waals surface area contributed by atoms with Crippen molar-refractivity contribution in [3.05, 3.63) is 64.9 Å². The second kappa shape index (κ2) is 7.95. The van der Waals surface area contributed by atoms with Gasteiger partial charge in [-0.25, -0.2) is 8.42 Å². The zero-order valence-electron chi connectivity index (χ0n) is 17.5. The quantitative estimate of drug-likeness (QED) is 0.589. The molecule has 170 valence electrons. The van der Waals surface area contributed by atoms with Crippen molar-refractivity contribution in [3.63, 3.8) is 0 Å². The van der Waals surface area contributed by atoms with Crippen LogP contribution < -0.4 is 4.74 Å². The molecule has 0 aromatic heterocycles. The molecule has 0 N–H and O–H groups in total. The Morgan fingerprint density at radius 3 is 2.44 bits per heavy atom. The van der Waals surface area contributed by atoms with Crippen LogP contribution in [0.5, 0.6) is 5.75 Å². The van der Waals surface area contributed by atoms with Gasteiger partial charge in [0.05, 0.1) is 17.1 Å². The van der Waals surface area contributed by atoms with E-state index in [1.807, 2.05) is 0 Å². The van der Waals surface area contributed by atoms with Gasteiger partial charge in [-0.1, -0.05) is 6.07 Å². The van der Waals surface area contributed by atoms with E-state index in [0.29, 0.717) is 41.3 Å². The fraction of sp³-hybridized carbons (Fsp3) is 0.348. The lowest BCUT2D eigenvalue weighted by atomic mass is 9.86. The number of carbonyl (C=O) groups excluding carboxylic acids is 1. The molecule has 0 amide bonds. The highest BCUT2D eigenvalue weighted by Crippen LogP contribution is 2.43. The largest absolute Gasteiger partial charge is 0.493 e. The van der Waals surface area contributed by atoms with E-state index in [0.717, 1.165) is 31.2 Å². The number of carbonyl (C=O) groups is 1. The molecule has 9 heteroatoms. The molecule has 32 heavy (non-hydrogen) atoms. The van der Waals surface area contributed by atoms with Crippen molar-refractivity contribution in [3.8, 4) is 5.75 Å². The molecule has 1 aliphatic carbocycles. The molecule has 5 nitrogen and oxygen atoms in total. The topological polar surface area (TPSA) is 63.7 Å². The minimum absolute atomic E-state index is 0.0286. The lowest BCUT2D eigenvalue weighted by molar-refractivity contribution is -0.137. The fourth-order valence-electron chi connectivity index (χ4n) is 3.75. The average molecular weight is 465 g/mol. The van der Waals surface area contributed by atoms with Gasteiger partial charge in [-0.3, -0.25) is 0 Å². The third-order valence-electron chi connectivity index (χ3n) is 5.73. The second-order valence-electron chi connectivity index (χ2n) is 8.27. The molecule has 1 fully saturated rings. The first kappa shape index (κ1) is 22.4. The van der Waals surface area contributed by atoms with Gasteiger partial charge in [0.15, 0.2) is 9.84 Å². The van der Waals surface area contributed by atoms with Gasteiger partial charge in [0.25, 0.3) is 0 Å². The van der Waals surface area contributed by atoms with E-state index < -0.39 is 27.6 Å². The van der Waals surface area contributed by atoms with Crippen LogP contribution in [0.3, 0.4) is 0 Å². The van der Waals surface area contributed by atoms with Crippen LogP contribution in [-0.2, 0) is 20.8 Å². The summed E-state index contributed by atoms with van der Waals surface area (Å²) in [5, 5.41) is 0. The molecule has 0 bridgehead atoms. The summed E-state index contributed by atoms with van der Waals surface area (Å²) in [6.07, 6.45) is 0.808. The van der Waals surface area contributed by atoms with E-state index in [1.54, 1.807) is 18.1 Å². The molecule has 1 unspecified atom stereocenters. The summed E-state index contributed by atoms with van der Waals surface area (Å²) in [5.41, 5.74) is 0.507. The zero-order chi connectivity index (χ0) is 23.3. The number of aldehydes is 1. The number of alkyl halides is 3. The monoisotopic (exact) mass is 465 g/mol. The van der Waals surface area contributed by atoms with Gasteiger partial charge in [0.2, 0.25) is 0 Å².